The smallest absolute Gasteiger partial charge is 0.0917 e. The highest BCUT2D eigenvalue weighted by molar-refractivity contribution is 6.02. The van der Waals surface area contributed by atoms with E-state index in [4.69, 9.17) is 49.8 Å². The van der Waals surface area contributed by atoms with Gasteiger partial charge in [0.05, 0.1) is 111 Å². The van der Waals surface area contributed by atoms with Crippen LogP contribution in [0.2, 0.25) is 0 Å². The fourth-order valence-corrected chi connectivity index (χ4v) is 11.0. The van der Waals surface area contributed by atoms with Crippen molar-refractivity contribution in [1.82, 2.24) is 59.8 Å². The Balaban J connectivity index is 0.951. The molecule has 0 radical (unpaired) electrons. The van der Waals surface area contributed by atoms with Gasteiger partial charge in [-0.3, -0.25) is 0 Å². The summed E-state index contributed by atoms with van der Waals surface area (Å²) < 4.78 is 0. The molecule has 2 aliphatic heterocycles. The van der Waals surface area contributed by atoms with E-state index in [1.165, 1.54) is 5.56 Å². The maximum absolute atomic E-state index is 5.56. The highest BCUT2D eigenvalue weighted by Gasteiger charge is 2.20. The monoisotopic (exact) mass is 968 g/mol. The Hall–Kier alpha value is -9.68. The number of nitrogens with zero attached hydrogens (tertiary/aromatic N) is 10. The zero-order chi connectivity index (χ0) is 50.2. The van der Waals surface area contributed by atoms with Crippen molar-refractivity contribution < 1.29 is 0 Å². The first kappa shape index (κ1) is 43.0. The molecule has 0 atom stereocenters. The standard InChI is InChI=1S/C63H44N12/c1-6-34-8-12-40-50(24-34)73-58-28-56-60(30-54(58)67-40)75-52-26-36(10-14-42(52)69-56)63-46-20-19-44(70-46)61(31(2)3)43-17-15-37(64-43)33(5)38-16-18-45(65-38)62(47-21-22-48(63)71-47)35-9-13-41-51(25-35)74-59-29-53-57(27-55(59)68-41)72-49-23-32(4)7-11-39(49)66-53/h7-31,65,70H,6H2,1-5H3. The Labute approximate surface area is 428 Å². The molecule has 0 unspecified atom stereocenters. The molecule has 2 N–H and O–H groups in total. The van der Waals surface area contributed by atoms with E-state index in [0.29, 0.717) is 0 Å². The number of hydrogen-bond acceptors (Lipinski definition) is 10. The minimum absolute atomic E-state index is 0.180. The SMILES string of the molecule is CCc1ccc2nc3cc4nc5cc(-c6c7nc(c(-c8ccc9nc%10cc%11nc%12cc(C)ccc%12nc%11cc%10nc9c8)c8ccc([nH]8)c(C)c8nc(c(C(C)C)c9ccc6[nH]9)C=C8)C=C7)ccc5nc4cc3nc2c1. The Bertz CT molecular complexity index is 4950. The molecule has 13 aromatic rings. The summed E-state index contributed by atoms with van der Waals surface area (Å²) in [6.45, 7) is 10.8. The van der Waals surface area contributed by atoms with Crippen LogP contribution in [0.5, 0.6) is 0 Å². The summed E-state index contributed by atoms with van der Waals surface area (Å²) in [7, 11) is 0. The first-order valence-corrected chi connectivity index (χ1v) is 25.4. The van der Waals surface area contributed by atoms with Gasteiger partial charge in [0.2, 0.25) is 0 Å². The van der Waals surface area contributed by atoms with Gasteiger partial charge in [-0.2, -0.15) is 0 Å². The lowest BCUT2D eigenvalue weighted by atomic mass is 10.0. The van der Waals surface area contributed by atoms with Crippen molar-refractivity contribution in [3.05, 3.63) is 166 Å². The van der Waals surface area contributed by atoms with Gasteiger partial charge < -0.3 is 9.97 Å². The summed E-state index contributed by atoms with van der Waals surface area (Å²) >= 11 is 0. The number of hydrogen-bond donors (Lipinski definition) is 2. The van der Waals surface area contributed by atoms with Crippen molar-refractivity contribution in [3.8, 4) is 22.3 Å². The molecule has 8 bridgehead atoms. The van der Waals surface area contributed by atoms with Crippen molar-refractivity contribution in [3.63, 3.8) is 0 Å². The molecule has 15 rings (SSSR count). The molecular weight excluding hydrogens is 925 g/mol. The van der Waals surface area contributed by atoms with Crippen LogP contribution >= 0.6 is 0 Å². The minimum atomic E-state index is 0.180. The quantitative estimate of drug-likeness (QED) is 0.162. The number of aryl methyl sites for hydroxylation is 3. The van der Waals surface area contributed by atoms with Crippen LogP contribution in [0.25, 0.3) is 157 Å². The van der Waals surface area contributed by atoms with E-state index in [2.05, 4.69) is 148 Å². The van der Waals surface area contributed by atoms with Crippen LogP contribution < -0.4 is 0 Å². The lowest BCUT2D eigenvalue weighted by molar-refractivity contribution is 0.864. The van der Waals surface area contributed by atoms with E-state index in [1.807, 2.05) is 42.5 Å². The average Bonchev–Trinajstić information content (AvgIpc) is 4.27. The molecule has 12 nitrogen and oxygen atoms in total. The maximum Gasteiger partial charge on any atom is 0.0917 e. The summed E-state index contributed by atoms with van der Waals surface area (Å²) in [5.41, 5.74) is 28.1. The van der Waals surface area contributed by atoms with Crippen LogP contribution in [0.3, 0.4) is 0 Å². The molecule has 0 aliphatic carbocycles. The zero-order valence-electron chi connectivity index (χ0n) is 41.6. The Morgan fingerprint density at radius 1 is 0.347 bits per heavy atom. The fourth-order valence-electron chi connectivity index (χ4n) is 11.0. The van der Waals surface area contributed by atoms with Crippen molar-refractivity contribution in [2.45, 2.75) is 47.0 Å². The van der Waals surface area contributed by atoms with Crippen molar-refractivity contribution >= 4 is 135 Å². The molecule has 2 aliphatic rings. The predicted molar refractivity (Wildman–Crippen MR) is 305 cm³/mol. The van der Waals surface area contributed by atoms with Gasteiger partial charge in [0, 0.05) is 38.8 Å². The Kier molecular flexibility index (Phi) is 9.26. The molecule has 75 heavy (non-hydrogen) atoms. The molecule has 0 saturated carbocycles. The minimum Gasteiger partial charge on any atom is -0.355 e. The van der Waals surface area contributed by atoms with E-state index in [0.717, 1.165) is 178 Å². The average molecular weight is 969 g/mol. The van der Waals surface area contributed by atoms with Crippen molar-refractivity contribution in [2.75, 3.05) is 0 Å². The van der Waals surface area contributed by atoms with Crippen LogP contribution in [0.1, 0.15) is 71.7 Å². The van der Waals surface area contributed by atoms with E-state index in [1.54, 1.807) is 0 Å². The second kappa shape index (κ2) is 16.2. The van der Waals surface area contributed by atoms with Gasteiger partial charge in [-0.05, 0) is 175 Å². The lowest BCUT2D eigenvalue weighted by Gasteiger charge is -2.09. The first-order valence-electron chi connectivity index (χ1n) is 25.4. The fraction of sp³-hybridized carbons (Fsp3) is 0.111. The van der Waals surface area contributed by atoms with E-state index in [-0.39, 0.29) is 5.92 Å². The lowest BCUT2D eigenvalue weighted by Crippen LogP contribution is -1.94. The largest absolute Gasteiger partial charge is 0.355 e. The van der Waals surface area contributed by atoms with Crippen LogP contribution in [-0.2, 0) is 6.42 Å². The Morgan fingerprint density at radius 3 is 1.25 bits per heavy atom. The van der Waals surface area contributed by atoms with Crippen molar-refractivity contribution in [2.24, 2.45) is 0 Å². The number of fused-ring (bicyclic) bond motifs is 16. The summed E-state index contributed by atoms with van der Waals surface area (Å²) in [6.07, 6.45) is 9.41. The number of H-pyrrole nitrogens is 2. The molecule has 12 heteroatoms. The molecule has 356 valence electrons. The molecule has 9 heterocycles. The predicted octanol–water partition coefficient (Wildman–Crippen LogP) is 14.7. The molecular formula is C63H44N12. The van der Waals surface area contributed by atoms with Gasteiger partial charge in [-0.25, -0.2) is 49.8 Å². The van der Waals surface area contributed by atoms with Gasteiger partial charge in [0.25, 0.3) is 0 Å². The molecule has 7 aromatic heterocycles. The summed E-state index contributed by atoms with van der Waals surface area (Å²) in [4.78, 5) is 59.1. The topological polar surface area (TPSA) is 160 Å². The van der Waals surface area contributed by atoms with Gasteiger partial charge in [0.1, 0.15) is 0 Å². The molecule has 0 amide bonds. The molecule has 0 saturated heterocycles. The maximum atomic E-state index is 5.56. The second-order valence-corrected chi connectivity index (χ2v) is 20.1. The summed E-state index contributed by atoms with van der Waals surface area (Å²) in [5, 5.41) is 0. The molecule has 0 spiro atoms. The summed E-state index contributed by atoms with van der Waals surface area (Å²) in [5.74, 6) is 0.180. The van der Waals surface area contributed by atoms with Crippen LogP contribution in [0, 0.1) is 13.8 Å². The van der Waals surface area contributed by atoms with Gasteiger partial charge in [0.15, 0.2) is 0 Å². The van der Waals surface area contributed by atoms with Crippen LogP contribution in [0.15, 0.2) is 121 Å². The van der Waals surface area contributed by atoms with Crippen molar-refractivity contribution in [1.29, 1.82) is 0 Å². The van der Waals surface area contributed by atoms with Gasteiger partial charge in [-0.1, -0.05) is 45.0 Å². The number of aromatic nitrogens is 12. The van der Waals surface area contributed by atoms with E-state index >= 15 is 0 Å². The van der Waals surface area contributed by atoms with E-state index in [9.17, 15) is 0 Å². The summed E-state index contributed by atoms with van der Waals surface area (Å²) in [6, 6.07) is 41.6. The Morgan fingerprint density at radius 2 is 0.733 bits per heavy atom. The number of rotatable bonds is 4. The molecule has 6 aromatic carbocycles. The highest BCUT2D eigenvalue weighted by Crippen LogP contribution is 2.38. The number of benzene rings is 6. The number of aromatic amines is 2. The molecule has 0 fully saturated rings. The van der Waals surface area contributed by atoms with Gasteiger partial charge in [-0.15, -0.1) is 0 Å². The zero-order valence-corrected chi connectivity index (χ0v) is 41.6. The van der Waals surface area contributed by atoms with Gasteiger partial charge >= 0.3 is 0 Å². The van der Waals surface area contributed by atoms with Crippen LogP contribution in [0.4, 0.5) is 0 Å². The third-order valence-corrected chi connectivity index (χ3v) is 14.8. The van der Waals surface area contributed by atoms with Crippen LogP contribution in [-0.4, -0.2) is 59.8 Å². The second-order valence-electron chi connectivity index (χ2n) is 20.1. The third kappa shape index (κ3) is 7.04. The first-order chi connectivity index (χ1) is 36.6. The third-order valence-electron chi connectivity index (χ3n) is 14.8. The normalized spacial score (nSPS) is 12.7. The van der Waals surface area contributed by atoms with E-state index < -0.39 is 0 Å². The number of nitrogens with one attached hydrogen (secondary N) is 2. The highest BCUT2D eigenvalue weighted by atomic mass is 14.9.